The van der Waals surface area contributed by atoms with E-state index in [0.717, 1.165) is 47.9 Å². The summed E-state index contributed by atoms with van der Waals surface area (Å²) >= 11 is 1.69. The molecule has 0 bridgehead atoms. The molecule has 0 aliphatic carbocycles. The summed E-state index contributed by atoms with van der Waals surface area (Å²) in [7, 11) is 0. The summed E-state index contributed by atoms with van der Waals surface area (Å²) in [5.74, 6) is 1.19. The summed E-state index contributed by atoms with van der Waals surface area (Å²) in [6.45, 7) is 5.16. The summed E-state index contributed by atoms with van der Waals surface area (Å²) in [5.41, 5.74) is 1.00. The monoisotopic (exact) mass is 356 g/mol. The molecule has 8 heteroatoms. The average molecular weight is 356 g/mol. The number of amides is 1. The molecule has 0 saturated carbocycles. The van der Waals surface area contributed by atoms with E-state index < -0.39 is 0 Å². The van der Waals surface area contributed by atoms with Crippen molar-refractivity contribution in [2.45, 2.75) is 19.8 Å². The Labute approximate surface area is 149 Å². The smallest absolute Gasteiger partial charge is 0.223 e. The maximum Gasteiger partial charge on any atom is 0.223 e. The van der Waals surface area contributed by atoms with Crippen LogP contribution in [0.5, 0.6) is 0 Å². The minimum absolute atomic E-state index is 0.202. The maximum atomic E-state index is 12.4. The number of hydrogen-bond acceptors (Lipinski definition) is 6. The lowest BCUT2D eigenvalue weighted by atomic mass is 10.2. The molecular weight excluding hydrogens is 336 g/mol. The van der Waals surface area contributed by atoms with Crippen molar-refractivity contribution in [2.75, 3.05) is 31.1 Å². The number of anilines is 1. The van der Waals surface area contributed by atoms with E-state index in [1.807, 2.05) is 4.90 Å². The normalized spacial score (nSPS) is 15.1. The molecule has 0 spiro atoms. The lowest BCUT2D eigenvalue weighted by molar-refractivity contribution is -0.131. The molecule has 1 amide bonds. The van der Waals surface area contributed by atoms with Crippen molar-refractivity contribution in [1.82, 2.24) is 24.8 Å². The summed E-state index contributed by atoms with van der Waals surface area (Å²) in [4.78, 5) is 34.7. The quantitative estimate of drug-likeness (QED) is 0.774. The Kier molecular flexibility index (Phi) is 4.35. The molecule has 1 fully saturated rings. The van der Waals surface area contributed by atoms with Crippen LogP contribution in [0, 0.1) is 6.92 Å². The zero-order valence-corrected chi connectivity index (χ0v) is 14.9. The van der Waals surface area contributed by atoms with Gasteiger partial charge in [0.2, 0.25) is 5.91 Å². The van der Waals surface area contributed by atoms with E-state index in [2.05, 4.69) is 37.8 Å². The number of aromatic nitrogens is 4. The first-order valence-electron chi connectivity index (χ1n) is 8.42. The zero-order valence-electron chi connectivity index (χ0n) is 14.1. The van der Waals surface area contributed by atoms with Gasteiger partial charge >= 0.3 is 0 Å². The van der Waals surface area contributed by atoms with E-state index in [1.54, 1.807) is 30.2 Å². The van der Waals surface area contributed by atoms with Crippen molar-refractivity contribution >= 4 is 33.3 Å². The van der Waals surface area contributed by atoms with Crippen molar-refractivity contribution in [3.63, 3.8) is 0 Å². The fourth-order valence-corrected chi connectivity index (χ4v) is 4.05. The van der Waals surface area contributed by atoms with Gasteiger partial charge in [-0.2, -0.15) is 0 Å². The molecule has 3 aromatic rings. The summed E-state index contributed by atoms with van der Waals surface area (Å²) in [5, 5.41) is 1.11. The van der Waals surface area contributed by atoms with Gasteiger partial charge in [-0.05, 0) is 19.4 Å². The van der Waals surface area contributed by atoms with Crippen LogP contribution < -0.4 is 4.90 Å². The van der Waals surface area contributed by atoms with E-state index in [-0.39, 0.29) is 5.91 Å². The molecule has 0 atom stereocenters. The molecule has 1 N–H and O–H groups in total. The number of hydrogen-bond donors (Lipinski definition) is 1. The first-order chi connectivity index (χ1) is 12.2. The standard InChI is InChI=1S/C17H20N6OS/c1-12-8-14-16(20-11-21-17(14)25-12)23-6-4-22(5-7-23)15(24)3-2-13-9-18-10-19-13/h8-11H,2-7H2,1H3,(H,18,19). The van der Waals surface area contributed by atoms with Crippen molar-refractivity contribution in [2.24, 2.45) is 0 Å². The third-order valence-electron chi connectivity index (χ3n) is 4.53. The largest absolute Gasteiger partial charge is 0.352 e. The fraction of sp³-hybridized carbons (Fsp3) is 0.412. The fourth-order valence-electron chi connectivity index (χ4n) is 3.20. The number of carbonyl (C=O) groups is 1. The zero-order chi connectivity index (χ0) is 17.2. The molecule has 1 saturated heterocycles. The van der Waals surface area contributed by atoms with Gasteiger partial charge in [0.1, 0.15) is 17.0 Å². The van der Waals surface area contributed by atoms with Crippen LogP contribution in [0.2, 0.25) is 0 Å². The van der Waals surface area contributed by atoms with E-state index in [9.17, 15) is 4.79 Å². The molecule has 4 heterocycles. The Morgan fingerprint density at radius 1 is 1.28 bits per heavy atom. The Morgan fingerprint density at radius 2 is 2.12 bits per heavy atom. The highest BCUT2D eigenvalue weighted by Crippen LogP contribution is 2.30. The summed E-state index contributed by atoms with van der Waals surface area (Å²) < 4.78 is 0. The van der Waals surface area contributed by atoms with Crippen LogP contribution in [-0.2, 0) is 11.2 Å². The number of aromatic amines is 1. The molecule has 4 rings (SSSR count). The molecular formula is C17H20N6OS. The number of aryl methyl sites for hydroxylation is 2. The van der Waals surface area contributed by atoms with E-state index in [1.165, 1.54) is 4.88 Å². The van der Waals surface area contributed by atoms with Crippen molar-refractivity contribution in [3.05, 3.63) is 35.5 Å². The number of carbonyl (C=O) groups excluding carboxylic acids is 1. The molecule has 130 valence electrons. The second kappa shape index (κ2) is 6.79. The van der Waals surface area contributed by atoms with Crippen LogP contribution in [0.4, 0.5) is 5.82 Å². The number of imidazole rings is 1. The van der Waals surface area contributed by atoms with Gasteiger partial charge in [-0.1, -0.05) is 0 Å². The van der Waals surface area contributed by atoms with Gasteiger partial charge in [-0.15, -0.1) is 11.3 Å². The Bertz CT molecular complexity index is 867. The maximum absolute atomic E-state index is 12.4. The van der Waals surface area contributed by atoms with Crippen LogP contribution in [0.15, 0.2) is 24.9 Å². The molecule has 1 aliphatic heterocycles. The predicted octanol–water partition coefficient (Wildman–Crippen LogP) is 2.00. The second-order valence-electron chi connectivity index (χ2n) is 6.22. The SMILES string of the molecule is Cc1cc2c(N3CCN(C(=O)CCc4cnc[nH]4)CC3)ncnc2s1. The molecule has 1 aliphatic rings. The minimum atomic E-state index is 0.202. The van der Waals surface area contributed by atoms with Gasteiger partial charge in [0.05, 0.1) is 11.7 Å². The first-order valence-corrected chi connectivity index (χ1v) is 9.23. The molecule has 0 unspecified atom stereocenters. The highest BCUT2D eigenvalue weighted by atomic mass is 32.1. The number of thiophene rings is 1. The third-order valence-corrected chi connectivity index (χ3v) is 5.49. The molecule has 0 radical (unpaired) electrons. The predicted molar refractivity (Wildman–Crippen MR) is 97.9 cm³/mol. The molecule has 0 aromatic carbocycles. The van der Waals surface area contributed by atoms with E-state index in [4.69, 9.17) is 0 Å². The number of nitrogens with zero attached hydrogens (tertiary/aromatic N) is 5. The van der Waals surface area contributed by atoms with Gasteiger partial charge in [0, 0.05) is 49.4 Å². The second-order valence-corrected chi connectivity index (χ2v) is 7.45. The summed E-state index contributed by atoms with van der Waals surface area (Å²) in [6.07, 6.45) is 6.28. The topological polar surface area (TPSA) is 78.0 Å². The number of nitrogens with one attached hydrogen (secondary N) is 1. The molecule has 3 aromatic heterocycles. The number of H-pyrrole nitrogens is 1. The van der Waals surface area contributed by atoms with Crippen LogP contribution in [-0.4, -0.2) is 56.9 Å². The summed E-state index contributed by atoms with van der Waals surface area (Å²) in [6, 6.07) is 2.15. The molecule has 25 heavy (non-hydrogen) atoms. The van der Waals surface area contributed by atoms with Crippen molar-refractivity contribution in [3.8, 4) is 0 Å². The van der Waals surface area contributed by atoms with E-state index in [0.29, 0.717) is 12.8 Å². The lowest BCUT2D eigenvalue weighted by Crippen LogP contribution is -2.49. The lowest BCUT2D eigenvalue weighted by Gasteiger charge is -2.35. The number of fused-ring (bicyclic) bond motifs is 1. The first kappa shape index (κ1) is 16.0. The number of piperazine rings is 1. The van der Waals surface area contributed by atoms with Gasteiger partial charge in [0.25, 0.3) is 0 Å². The van der Waals surface area contributed by atoms with Gasteiger partial charge in [0.15, 0.2) is 0 Å². The highest BCUT2D eigenvalue weighted by molar-refractivity contribution is 7.18. The number of rotatable bonds is 4. The van der Waals surface area contributed by atoms with Crippen LogP contribution in [0.25, 0.3) is 10.2 Å². The van der Waals surface area contributed by atoms with E-state index >= 15 is 0 Å². The average Bonchev–Trinajstić information content (AvgIpc) is 3.27. The Hall–Kier alpha value is -2.48. The molecule has 7 nitrogen and oxygen atoms in total. The van der Waals surface area contributed by atoms with Gasteiger partial charge < -0.3 is 14.8 Å². The van der Waals surface area contributed by atoms with Crippen molar-refractivity contribution < 1.29 is 4.79 Å². The Balaban J connectivity index is 1.38. The third kappa shape index (κ3) is 3.34. The minimum Gasteiger partial charge on any atom is -0.352 e. The van der Waals surface area contributed by atoms with Crippen LogP contribution in [0.3, 0.4) is 0 Å². The Morgan fingerprint density at radius 3 is 2.88 bits per heavy atom. The van der Waals surface area contributed by atoms with Crippen molar-refractivity contribution in [1.29, 1.82) is 0 Å². The van der Waals surface area contributed by atoms with Crippen LogP contribution >= 0.6 is 11.3 Å². The van der Waals surface area contributed by atoms with Gasteiger partial charge in [-0.25, -0.2) is 15.0 Å². The van der Waals surface area contributed by atoms with Crippen LogP contribution in [0.1, 0.15) is 17.0 Å². The highest BCUT2D eigenvalue weighted by Gasteiger charge is 2.23. The van der Waals surface area contributed by atoms with Gasteiger partial charge in [-0.3, -0.25) is 4.79 Å².